The van der Waals surface area contributed by atoms with Crippen LogP contribution in [0.4, 0.5) is 0 Å². The van der Waals surface area contributed by atoms with Crippen molar-refractivity contribution in [3.8, 4) is 0 Å². The molecule has 4 rings (SSSR count). The second-order valence-corrected chi connectivity index (χ2v) is 10.9. The fourth-order valence-corrected chi connectivity index (χ4v) is 6.10. The van der Waals surface area contributed by atoms with Gasteiger partial charge in [0.1, 0.15) is 0 Å². The molecule has 0 spiro atoms. The maximum atomic E-state index is 13.5. The molecule has 1 aromatic carbocycles. The molecule has 0 radical (unpaired) electrons. The van der Waals surface area contributed by atoms with Crippen molar-refractivity contribution in [2.45, 2.75) is 51.0 Å². The Morgan fingerprint density at radius 1 is 1.00 bits per heavy atom. The van der Waals surface area contributed by atoms with Gasteiger partial charge in [0.2, 0.25) is 5.91 Å². The summed E-state index contributed by atoms with van der Waals surface area (Å²) in [6.07, 6.45) is 8.18. The third kappa shape index (κ3) is 6.12. The van der Waals surface area contributed by atoms with Crippen LogP contribution < -0.4 is 0 Å². The van der Waals surface area contributed by atoms with E-state index in [0.717, 1.165) is 52.0 Å². The van der Waals surface area contributed by atoms with Gasteiger partial charge in [0.05, 0.1) is 5.92 Å². The summed E-state index contributed by atoms with van der Waals surface area (Å²) in [6, 6.07) is 9.66. The molecule has 2 aliphatic heterocycles. The van der Waals surface area contributed by atoms with Crippen molar-refractivity contribution in [2.24, 2.45) is 11.8 Å². The standard InChI is InChI=1S/C27H44N4O/c1-28(2)13-7-15-31(27(32)25-10-6-14-29(3)21-25)20-22-11-16-30(17-12-22)26-18-23-8-4-5-9-24(23)19-26/h4-5,8-9,22,25-26H,6-7,10-21H2,1-3H3/t25-/m1/s1. The lowest BCUT2D eigenvalue weighted by molar-refractivity contribution is -0.138. The number of amides is 1. The summed E-state index contributed by atoms with van der Waals surface area (Å²) in [5.41, 5.74) is 3.10. The van der Waals surface area contributed by atoms with E-state index in [9.17, 15) is 4.79 Å². The molecular weight excluding hydrogens is 396 g/mol. The molecule has 1 aromatic rings. The van der Waals surface area contributed by atoms with Crippen LogP contribution in [0.3, 0.4) is 0 Å². The largest absolute Gasteiger partial charge is 0.342 e. The minimum atomic E-state index is 0.199. The smallest absolute Gasteiger partial charge is 0.226 e. The molecule has 0 saturated carbocycles. The first-order valence-electron chi connectivity index (χ1n) is 12.9. The van der Waals surface area contributed by atoms with E-state index in [1.165, 1.54) is 38.8 Å². The van der Waals surface area contributed by atoms with Gasteiger partial charge < -0.3 is 14.7 Å². The van der Waals surface area contributed by atoms with Gasteiger partial charge in [0, 0.05) is 25.7 Å². The average molecular weight is 441 g/mol. The Hall–Kier alpha value is -1.43. The zero-order valence-electron chi connectivity index (χ0n) is 20.6. The number of likely N-dealkylation sites (tertiary alicyclic amines) is 2. The summed E-state index contributed by atoms with van der Waals surface area (Å²) < 4.78 is 0. The van der Waals surface area contributed by atoms with Crippen molar-refractivity contribution in [1.82, 2.24) is 19.6 Å². The molecule has 0 aromatic heterocycles. The van der Waals surface area contributed by atoms with Gasteiger partial charge in [-0.05, 0) is 109 Å². The molecule has 3 aliphatic rings. The predicted molar refractivity (Wildman–Crippen MR) is 132 cm³/mol. The Kier molecular flexibility index (Phi) is 8.25. The van der Waals surface area contributed by atoms with Crippen LogP contribution >= 0.6 is 0 Å². The van der Waals surface area contributed by atoms with Crippen LogP contribution in [0.25, 0.3) is 0 Å². The quantitative estimate of drug-likeness (QED) is 0.622. The van der Waals surface area contributed by atoms with Gasteiger partial charge in [-0.3, -0.25) is 9.69 Å². The number of fused-ring (bicyclic) bond motifs is 1. The molecule has 0 bridgehead atoms. The first-order valence-corrected chi connectivity index (χ1v) is 12.9. The third-order valence-electron chi connectivity index (χ3n) is 7.99. The monoisotopic (exact) mass is 440 g/mol. The summed E-state index contributed by atoms with van der Waals surface area (Å²) in [7, 11) is 6.41. The lowest BCUT2D eigenvalue weighted by atomic mass is 9.92. The molecule has 1 amide bonds. The Morgan fingerprint density at radius 3 is 2.31 bits per heavy atom. The zero-order chi connectivity index (χ0) is 22.5. The van der Waals surface area contributed by atoms with Crippen molar-refractivity contribution < 1.29 is 4.79 Å². The maximum Gasteiger partial charge on any atom is 0.226 e. The minimum absolute atomic E-state index is 0.199. The number of nitrogens with zero attached hydrogens (tertiary/aromatic N) is 4. The van der Waals surface area contributed by atoms with Crippen molar-refractivity contribution in [1.29, 1.82) is 0 Å². The topological polar surface area (TPSA) is 30.0 Å². The van der Waals surface area contributed by atoms with Gasteiger partial charge in [-0.2, -0.15) is 0 Å². The molecule has 2 saturated heterocycles. The highest BCUT2D eigenvalue weighted by molar-refractivity contribution is 5.79. The minimum Gasteiger partial charge on any atom is -0.342 e. The second-order valence-electron chi connectivity index (χ2n) is 10.9. The van der Waals surface area contributed by atoms with Crippen molar-refractivity contribution in [3.63, 3.8) is 0 Å². The molecule has 2 fully saturated rings. The maximum absolute atomic E-state index is 13.5. The highest BCUT2D eigenvalue weighted by Gasteiger charge is 2.32. The highest BCUT2D eigenvalue weighted by Crippen LogP contribution is 2.29. The number of carbonyl (C=O) groups is 1. The average Bonchev–Trinajstić information content (AvgIpc) is 3.22. The number of piperidine rings is 2. The van der Waals surface area contributed by atoms with Crippen LogP contribution in [0.2, 0.25) is 0 Å². The predicted octanol–water partition coefficient (Wildman–Crippen LogP) is 2.99. The van der Waals surface area contributed by atoms with E-state index in [4.69, 9.17) is 0 Å². The lowest BCUT2D eigenvalue weighted by Crippen LogP contribution is -2.48. The molecule has 1 aliphatic carbocycles. The summed E-state index contributed by atoms with van der Waals surface area (Å²) in [6.45, 7) is 7.37. The van der Waals surface area contributed by atoms with Crippen molar-refractivity contribution >= 4 is 5.91 Å². The molecule has 0 unspecified atom stereocenters. The van der Waals surface area contributed by atoms with Gasteiger partial charge in [0.25, 0.3) is 0 Å². The summed E-state index contributed by atoms with van der Waals surface area (Å²) in [4.78, 5) is 23.0. The third-order valence-corrected chi connectivity index (χ3v) is 7.99. The van der Waals surface area contributed by atoms with E-state index in [0.29, 0.717) is 17.9 Å². The summed E-state index contributed by atoms with van der Waals surface area (Å²) in [5, 5.41) is 0. The first kappa shape index (κ1) is 23.7. The normalized spacial score (nSPS) is 23.6. The number of hydrogen-bond donors (Lipinski definition) is 0. The van der Waals surface area contributed by atoms with E-state index in [2.05, 4.69) is 65.0 Å². The number of carbonyl (C=O) groups excluding carboxylic acids is 1. The van der Waals surface area contributed by atoms with E-state index in [-0.39, 0.29) is 5.92 Å². The van der Waals surface area contributed by atoms with Crippen molar-refractivity contribution in [3.05, 3.63) is 35.4 Å². The van der Waals surface area contributed by atoms with Gasteiger partial charge in [-0.25, -0.2) is 0 Å². The molecule has 5 heteroatoms. The van der Waals surface area contributed by atoms with Crippen LogP contribution in [0.1, 0.15) is 43.2 Å². The fourth-order valence-electron chi connectivity index (χ4n) is 6.10. The number of rotatable bonds is 8. The Labute approximate surface area is 195 Å². The highest BCUT2D eigenvalue weighted by atomic mass is 16.2. The Morgan fingerprint density at radius 2 is 1.69 bits per heavy atom. The van der Waals surface area contributed by atoms with Crippen LogP contribution in [-0.4, -0.2) is 98.5 Å². The first-order chi connectivity index (χ1) is 15.5. The Balaban J connectivity index is 1.29. The Bertz CT molecular complexity index is 718. The van der Waals surface area contributed by atoms with Crippen LogP contribution in [0, 0.1) is 11.8 Å². The molecule has 1 atom stereocenters. The molecular formula is C27H44N4O. The SMILES string of the molecule is CN(C)CCCN(CC1CCN(C2Cc3ccccc3C2)CC1)C(=O)[C@@H]1CCCN(C)C1. The summed E-state index contributed by atoms with van der Waals surface area (Å²) in [5.74, 6) is 1.27. The van der Waals surface area contributed by atoms with Gasteiger partial charge >= 0.3 is 0 Å². The molecule has 178 valence electrons. The van der Waals surface area contributed by atoms with Crippen LogP contribution in [-0.2, 0) is 17.6 Å². The molecule has 32 heavy (non-hydrogen) atoms. The van der Waals surface area contributed by atoms with E-state index < -0.39 is 0 Å². The van der Waals surface area contributed by atoms with E-state index in [1.807, 2.05) is 0 Å². The number of benzene rings is 1. The van der Waals surface area contributed by atoms with E-state index >= 15 is 0 Å². The van der Waals surface area contributed by atoms with E-state index in [1.54, 1.807) is 11.1 Å². The molecule has 2 heterocycles. The van der Waals surface area contributed by atoms with Crippen LogP contribution in [0.5, 0.6) is 0 Å². The van der Waals surface area contributed by atoms with Gasteiger partial charge in [0.15, 0.2) is 0 Å². The molecule has 5 nitrogen and oxygen atoms in total. The van der Waals surface area contributed by atoms with Gasteiger partial charge in [-0.15, -0.1) is 0 Å². The summed E-state index contributed by atoms with van der Waals surface area (Å²) >= 11 is 0. The van der Waals surface area contributed by atoms with Crippen LogP contribution in [0.15, 0.2) is 24.3 Å². The molecule has 0 N–H and O–H groups in total. The fraction of sp³-hybridized carbons (Fsp3) is 0.741. The van der Waals surface area contributed by atoms with Gasteiger partial charge in [-0.1, -0.05) is 24.3 Å². The number of hydrogen-bond acceptors (Lipinski definition) is 4. The second kappa shape index (κ2) is 11.1. The van der Waals surface area contributed by atoms with Crippen molar-refractivity contribution in [2.75, 3.05) is 67.0 Å². The lowest BCUT2D eigenvalue weighted by Gasteiger charge is -2.39. The zero-order valence-corrected chi connectivity index (χ0v) is 20.6.